The average Bonchev–Trinajstić information content (AvgIpc) is 3.46. The third-order valence-electron chi connectivity index (χ3n) is 5.10. The molecule has 5 nitrogen and oxygen atoms in total. The van der Waals surface area contributed by atoms with Crippen LogP contribution in [0.4, 0.5) is 5.69 Å². The first kappa shape index (κ1) is 18.6. The number of rotatable bonds is 3. The Morgan fingerprint density at radius 2 is 2.07 bits per heavy atom. The van der Waals surface area contributed by atoms with E-state index in [1.54, 1.807) is 27.2 Å². The van der Waals surface area contributed by atoms with Gasteiger partial charge in [0.2, 0.25) is 5.91 Å². The highest BCUT2D eigenvalue weighted by molar-refractivity contribution is 8.09. The predicted octanol–water partition coefficient (Wildman–Crippen LogP) is 4.82. The standard InChI is InChI=1S/C21H17N3O2S3/c22-13-4-7-27-17(13)2-1-14-12-9-19(29-20(12)11-25)16-10-18-15(5-8-28-18)24(16)21(26)3-6-23-14/h1-2,4-5,7-12,20H,3,6,22H2/b2-1+,23-14-. The molecule has 2 bridgehead atoms. The SMILES string of the molecule is Nc1ccsc1/C=C/C1=N/CCC(=O)n2c(cc3sccc32)C2=CC1C(C=O)S2. The van der Waals surface area contributed by atoms with E-state index in [0.717, 1.165) is 43.4 Å². The Morgan fingerprint density at radius 3 is 2.86 bits per heavy atom. The van der Waals surface area contributed by atoms with Crippen molar-refractivity contribution in [3.05, 3.63) is 51.7 Å². The van der Waals surface area contributed by atoms with Gasteiger partial charge in [-0.2, -0.15) is 0 Å². The van der Waals surface area contributed by atoms with E-state index in [1.807, 2.05) is 35.0 Å². The molecule has 0 aromatic carbocycles. The van der Waals surface area contributed by atoms with Crippen LogP contribution in [0.25, 0.3) is 21.2 Å². The van der Waals surface area contributed by atoms with Crippen molar-refractivity contribution in [1.82, 2.24) is 4.57 Å². The van der Waals surface area contributed by atoms with Crippen molar-refractivity contribution < 1.29 is 9.59 Å². The number of thiophene rings is 2. The van der Waals surface area contributed by atoms with Crippen molar-refractivity contribution in [2.75, 3.05) is 12.3 Å². The van der Waals surface area contributed by atoms with Gasteiger partial charge in [-0.05, 0) is 41.1 Å². The summed E-state index contributed by atoms with van der Waals surface area (Å²) in [7, 11) is 0. The number of nitrogen functional groups attached to an aromatic ring is 1. The van der Waals surface area contributed by atoms with E-state index < -0.39 is 0 Å². The first-order chi connectivity index (χ1) is 14.2. The predicted molar refractivity (Wildman–Crippen MR) is 124 cm³/mol. The maximum Gasteiger partial charge on any atom is 0.233 e. The second-order valence-electron chi connectivity index (χ2n) is 6.83. The third-order valence-corrected chi connectivity index (χ3v) is 8.13. The molecule has 8 heteroatoms. The smallest absolute Gasteiger partial charge is 0.233 e. The van der Waals surface area contributed by atoms with Gasteiger partial charge in [0.05, 0.1) is 26.0 Å². The summed E-state index contributed by atoms with van der Waals surface area (Å²) in [6.07, 6.45) is 7.27. The molecule has 0 saturated carbocycles. The van der Waals surface area contributed by atoms with E-state index in [2.05, 4.69) is 12.1 Å². The second kappa shape index (κ2) is 7.44. The monoisotopic (exact) mass is 439 g/mol. The zero-order valence-corrected chi connectivity index (χ0v) is 17.7. The molecule has 2 aliphatic rings. The maximum atomic E-state index is 13.0. The molecule has 0 amide bonds. The molecule has 29 heavy (non-hydrogen) atoms. The zero-order valence-electron chi connectivity index (χ0n) is 15.3. The molecular weight excluding hydrogens is 422 g/mol. The minimum atomic E-state index is -0.260. The summed E-state index contributed by atoms with van der Waals surface area (Å²) >= 11 is 4.69. The first-order valence-corrected chi connectivity index (χ1v) is 11.8. The molecule has 2 unspecified atom stereocenters. The van der Waals surface area contributed by atoms with E-state index in [1.165, 1.54) is 11.8 Å². The molecule has 5 rings (SSSR count). The van der Waals surface area contributed by atoms with E-state index in [4.69, 9.17) is 10.7 Å². The summed E-state index contributed by atoms with van der Waals surface area (Å²) in [6, 6.07) is 5.90. The van der Waals surface area contributed by atoms with Gasteiger partial charge < -0.3 is 10.5 Å². The molecular formula is C21H17N3O2S3. The van der Waals surface area contributed by atoms with Crippen LogP contribution in [0, 0.1) is 5.92 Å². The van der Waals surface area contributed by atoms with Crippen LogP contribution in [-0.4, -0.2) is 34.3 Å². The lowest BCUT2D eigenvalue weighted by atomic mass is 9.97. The molecule has 2 aliphatic heterocycles. The largest absolute Gasteiger partial charge is 0.398 e. The van der Waals surface area contributed by atoms with Gasteiger partial charge >= 0.3 is 0 Å². The fourth-order valence-electron chi connectivity index (χ4n) is 3.69. The highest BCUT2D eigenvalue weighted by Gasteiger charge is 2.34. The van der Waals surface area contributed by atoms with Crippen LogP contribution in [0.15, 0.2) is 46.1 Å². The quantitative estimate of drug-likeness (QED) is 0.594. The van der Waals surface area contributed by atoms with E-state index >= 15 is 0 Å². The Hall–Kier alpha value is -2.42. The maximum absolute atomic E-state index is 13.0. The first-order valence-electron chi connectivity index (χ1n) is 9.17. The fraction of sp³-hybridized carbons (Fsp3) is 0.190. The number of carbonyl (C=O) groups excluding carboxylic acids is 2. The van der Waals surface area contributed by atoms with Crippen LogP contribution in [0.3, 0.4) is 0 Å². The van der Waals surface area contributed by atoms with Gasteiger partial charge in [-0.15, -0.1) is 34.4 Å². The number of aromatic nitrogens is 1. The van der Waals surface area contributed by atoms with Crippen molar-refractivity contribution >= 4 is 79.2 Å². The number of aliphatic imine (C=N–C) groups is 1. The number of allylic oxidation sites excluding steroid dienone is 2. The highest BCUT2D eigenvalue weighted by Crippen LogP contribution is 2.45. The molecule has 2 N–H and O–H groups in total. The number of thioether (sulfide) groups is 1. The minimum Gasteiger partial charge on any atom is -0.398 e. The topological polar surface area (TPSA) is 77.4 Å². The number of carbonyl (C=O) groups is 2. The van der Waals surface area contributed by atoms with Crippen molar-refractivity contribution in [2.45, 2.75) is 11.7 Å². The third kappa shape index (κ3) is 3.21. The summed E-state index contributed by atoms with van der Waals surface area (Å²) in [5, 5.41) is 3.68. The van der Waals surface area contributed by atoms with Crippen LogP contribution in [0.2, 0.25) is 0 Å². The Kier molecular flexibility index (Phi) is 4.77. The van der Waals surface area contributed by atoms with Crippen LogP contribution < -0.4 is 5.73 Å². The number of nitrogens with zero attached hydrogens (tertiary/aromatic N) is 2. The second-order valence-corrected chi connectivity index (χ2v) is 9.95. The fourth-order valence-corrected chi connectivity index (χ4v) is 6.42. The molecule has 146 valence electrons. The van der Waals surface area contributed by atoms with E-state index in [9.17, 15) is 9.59 Å². The normalized spacial score (nSPS) is 23.8. The van der Waals surface area contributed by atoms with Crippen molar-refractivity contribution in [2.24, 2.45) is 10.9 Å². The molecule has 0 radical (unpaired) electrons. The van der Waals surface area contributed by atoms with Crippen molar-refractivity contribution in [3.63, 3.8) is 0 Å². The molecule has 3 aromatic heterocycles. The molecule has 0 spiro atoms. The van der Waals surface area contributed by atoms with Crippen LogP contribution in [0.5, 0.6) is 0 Å². The van der Waals surface area contributed by atoms with Gasteiger partial charge in [0.25, 0.3) is 0 Å². The number of aldehydes is 1. The minimum absolute atomic E-state index is 0.0254. The van der Waals surface area contributed by atoms with E-state index in [-0.39, 0.29) is 17.1 Å². The lowest BCUT2D eigenvalue weighted by Crippen LogP contribution is -2.22. The molecule has 0 fully saturated rings. The lowest BCUT2D eigenvalue weighted by molar-refractivity contribution is -0.107. The van der Waals surface area contributed by atoms with Gasteiger partial charge in [0.15, 0.2) is 0 Å². The number of anilines is 1. The van der Waals surface area contributed by atoms with Gasteiger partial charge in [-0.3, -0.25) is 14.4 Å². The number of nitrogens with two attached hydrogens (primary N) is 1. The Bertz CT molecular complexity index is 1210. The Labute approximate surface area is 179 Å². The summed E-state index contributed by atoms with van der Waals surface area (Å²) < 4.78 is 2.87. The van der Waals surface area contributed by atoms with E-state index in [0.29, 0.717) is 13.0 Å². The molecule has 2 atom stereocenters. The van der Waals surface area contributed by atoms with Crippen LogP contribution in [0.1, 0.15) is 21.8 Å². The van der Waals surface area contributed by atoms with Crippen molar-refractivity contribution in [1.29, 1.82) is 0 Å². The molecule has 3 aromatic rings. The van der Waals surface area contributed by atoms with Gasteiger partial charge in [0.1, 0.15) is 6.29 Å². The summed E-state index contributed by atoms with van der Waals surface area (Å²) in [5.41, 5.74) is 9.33. The highest BCUT2D eigenvalue weighted by atomic mass is 32.2. The zero-order chi connectivity index (χ0) is 20.0. The summed E-state index contributed by atoms with van der Waals surface area (Å²) in [5.74, 6) is -0.1000. The average molecular weight is 440 g/mol. The van der Waals surface area contributed by atoms with Crippen LogP contribution >= 0.6 is 34.4 Å². The van der Waals surface area contributed by atoms with Gasteiger partial charge in [-0.1, -0.05) is 6.08 Å². The van der Waals surface area contributed by atoms with Gasteiger partial charge in [-0.25, -0.2) is 0 Å². The number of hydrogen-bond donors (Lipinski definition) is 1. The van der Waals surface area contributed by atoms with Gasteiger partial charge in [0, 0.05) is 35.2 Å². The lowest BCUT2D eigenvalue weighted by Gasteiger charge is -2.13. The van der Waals surface area contributed by atoms with Crippen LogP contribution in [-0.2, 0) is 4.79 Å². The Balaban J connectivity index is 1.60. The molecule has 0 aliphatic carbocycles. The molecule has 0 saturated heterocycles. The number of fused-ring (bicyclic) bond motifs is 5. The summed E-state index contributed by atoms with van der Waals surface area (Å²) in [6.45, 7) is 0.387. The Morgan fingerprint density at radius 1 is 1.21 bits per heavy atom. The van der Waals surface area contributed by atoms with Crippen molar-refractivity contribution in [3.8, 4) is 0 Å². The number of hydrogen-bond acceptors (Lipinski definition) is 7. The summed E-state index contributed by atoms with van der Waals surface area (Å²) in [4.78, 5) is 31.5. The molecule has 5 heterocycles.